The maximum Gasteiger partial charge on any atom is 0.173 e. The zero-order valence-corrected chi connectivity index (χ0v) is 14.1. The van der Waals surface area contributed by atoms with E-state index in [0.717, 1.165) is 49.5 Å². The highest BCUT2D eigenvalue weighted by Gasteiger charge is 2.19. The number of aliphatic hydroxyl groups is 1. The summed E-state index contributed by atoms with van der Waals surface area (Å²) in [5, 5.41) is 13.7. The molecule has 4 nitrogen and oxygen atoms in total. The molecule has 0 amide bonds. The Morgan fingerprint density at radius 1 is 1.29 bits per heavy atom. The van der Waals surface area contributed by atoms with Gasteiger partial charge in [0.25, 0.3) is 0 Å². The van der Waals surface area contributed by atoms with Gasteiger partial charge in [0.05, 0.1) is 17.3 Å². The quantitative estimate of drug-likeness (QED) is 0.833. The zero-order chi connectivity index (χ0) is 15.4. The van der Waals surface area contributed by atoms with Crippen molar-refractivity contribution in [2.45, 2.75) is 13.8 Å². The summed E-state index contributed by atoms with van der Waals surface area (Å²) in [6.45, 7) is 8.58. The average Bonchev–Trinajstić information content (AvgIpc) is 2.43. The monoisotopic (exact) mass is 327 g/mol. The number of anilines is 1. The van der Waals surface area contributed by atoms with Gasteiger partial charge in [0.1, 0.15) is 0 Å². The molecule has 0 bridgehead atoms. The number of aliphatic hydroxyl groups excluding tert-OH is 1. The summed E-state index contributed by atoms with van der Waals surface area (Å²) in [7, 11) is 0. The van der Waals surface area contributed by atoms with Gasteiger partial charge in [-0.2, -0.15) is 0 Å². The van der Waals surface area contributed by atoms with Gasteiger partial charge >= 0.3 is 0 Å². The third-order valence-electron chi connectivity index (χ3n) is 3.74. The highest BCUT2D eigenvalue weighted by atomic mass is 35.5. The Morgan fingerprint density at radius 3 is 2.52 bits per heavy atom. The Kier molecular flexibility index (Phi) is 5.81. The van der Waals surface area contributed by atoms with Gasteiger partial charge in [0.15, 0.2) is 5.11 Å². The number of thiocarbonyl (C=S) groups is 1. The van der Waals surface area contributed by atoms with Crippen molar-refractivity contribution in [2.75, 3.05) is 44.6 Å². The van der Waals surface area contributed by atoms with Crippen LogP contribution in [-0.2, 0) is 0 Å². The predicted molar refractivity (Wildman–Crippen MR) is 92.2 cm³/mol. The van der Waals surface area contributed by atoms with Crippen LogP contribution in [0.2, 0.25) is 5.02 Å². The van der Waals surface area contributed by atoms with E-state index in [1.165, 1.54) is 0 Å². The molecule has 0 aromatic heterocycles. The molecule has 0 radical (unpaired) electrons. The fourth-order valence-electron chi connectivity index (χ4n) is 2.58. The number of aryl methyl sites for hydroxylation is 2. The largest absolute Gasteiger partial charge is 0.395 e. The molecule has 1 fully saturated rings. The smallest absolute Gasteiger partial charge is 0.173 e. The average molecular weight is 328 g/mol. The molecule has 1 heterocycles. The predicted octanol–water partition coefficient (Wildman–Crippen LogP) is 2.26. The lowest BCUT2D eigenvalue weighted by molar-refractivity contribution is 0.148. The van der Waals surface area contributed by atoms with Gasteiger partial charge in [-0.1, -0.05) is 17.7 Å². The lowest BCUT2D eigenvalue weighted by Crippen LogP contribution is -2.50. The van der Waals surface area contributed by atoms with Crippen LogP contribution < -0.4 is 5.32 Å². The number of hydrogen-bond acceptors (Lipinski definition) is 3. The molecule has 2 rings (SSSR count). The van der Waals surface area contributed by atoms with Crippen molar-refractivity contribution in [3.05, 3.63) is 28.3 Å². The summed E-state index contributed by atoms with van der Waals surface area (Å²) in [4.78, 5) is 4.39. The molecule has 0 saturated carbocycles. The lowest BCUT2D eigenvalue weighted by Gasteiger charge is -2.36. The van der Waals surface area contributed by atoms with Crippen LogP contribution >= 0.6 is 23.8 Å². The third-order valence-corrected chi connectivity index (χ3v) is 4.40. The maximum absolute atomic E-state index is 8.96. The number of nitrogens with one attached hydrogen (secondary N) is 1. The second-order valence-electron chi connectivity index (χ2n) is 5.42. The first-order chi connectivity index (χ1) is 10.0. The van der Waals surface area contributed by atoms with Crippen molar-refractivity contribution in [3.63, 3.8) is 0 Å². The molecule has 21 heavy (non-hydrogen) atoms. The molecular formula is C15H22ClN3OS. The van der Waals surface area contributed by atoms with Crippen molar-refractivity contribution >= 4 is 34.6 Å². The molecule has 0 aliphatic carbocycles. The van der Waals surface area contributed by atoms with E-state index in [1.54, 1.807) is 0 Å². The molecule has 0 unspecified atom stereocenters. The molecule has 1 aliphatic heterocycles. The molecule has 116 valence electrons. The molecule has 0 atom stereocenters. The van der Waals surface area contributed by atoms with Gasteiger partial charge < -0.3 is 15.3 Å². The number of piperazine rings is 1. The molecule has 1 saturated heterocycles. The van der Waals surface area contributed by atoms with Gasteiger partial charge in [-0.15, -0.1) is 0 Å². The normalized spacial score (nSPS) is 16.1. The van der Waals surface area contributed by atoms with Crippen LogP contribution in [-0.4, -0.2) is 59.3 Å². The topological polar surface area (TPSA) is 38.7 Å². The molecule has 6 heteroatoms. The SMILES string of the molecule is Cc1cc(C)c(NC(=S)N2CCN(CCO)CC2)c(Cl)c1. The minimum absolute atomic E-state index is 0.209. The van der Waals surface area contributed by atoms with Gasteiger partial charge in [-0.3, -0.25) is 4.90 Å². The number of hydrogen-bond donors (Lipinski definition) is 2. The van der Waals surface area contributed by atoms with E-state index in [1.807, 2.05) is 19.9 Å². The van der Waals surface area contributed by atoms with Crippen LogP contribution in [0.25, 0.3) is 0 Å². The van der Waals surface area contributed by atoms with E-state index in [4.69, 9.17) is 28.9 Å². The van der Waals surface area contributed by atoms with E-state index in [9.17, 15) is 0 Å². The van der Waals surface area contributed by atoms with Gasteiger partial charge in [-0.05, 0) is 43.3 Å². The Bertz CT molecular complexity index is 493. The van der Waals surface area contributed by atoms with Crippen LogP contribution in [0.4, 0.5) is 5.69 Å². The fourth-order valence-corrected chi connectivity index (χ4v) is 3.23. The Morgan fingerprint density at radius 2 is 1.95 bits per heavy atom. The summed E-state index contributed by atoms with van der Waals surface area (Å²) in [6, 6.07) is 4.04. The first-order valence-corrected chi connectivity index (χ1v) is 7.95. The standard InChI is InChI=1S/C15H22ClN3OS/c1-11-9-12(2)14(13(16)10-11)17-15(21)19-5-3-18(4-6-19)7-8-20/h9-10,20H,3-8H2,1-2H3,(H,17,21). The Hall–Kier alpha value is -0.880. The number of rotatable bonds is 3. The minimum Gasteiger partial charge on any atom is -0.395 e. The van der Waals surface area contributed by atoms with Gasteiger partial charge in [0, 0.05) is 32.7 Å². The highest BCUT2D eigenvalue weighted by molar-refractivity contribution is 7.80. The zero-order valence-electron chi connectivity index (χ0n) is 12.5. The summed E-state index contributed by atoms with van der Waals surface area (Å²) in [6.07, 6.45) is 0. The van der Waals surface area contributed by atoms with E-state index in [2.05, 4.69) is 21.2 Å². The fraction of sp³-hybridized carbons (Fsp3) is 0.533. The minimum atomic E-state index is 0.209. The van der Waals surface area contributed by atoms with Gasteiger partial charge in [-0.25, -0.2) is 0 Å². The maximum atomic E-state index is 8.96. The van der Waals surface area contributed by atoms with Crippen LogP contribution in [0.5, 0.6) is 0 Å². The summed E-state index contributed by atoms with van der Waals surface area (Å²) in [5.41, 5.74) is 3.14. The van der Waals surface area contributed by atoms with E-state index in [-0.39, 0.29) is 6.61 Å². The molecular weight excluding hydrogens is 306 g/mol. The number of β-amino-alcohol motifs (C(OH)–C–C–N with tert-alkyl or cyclic N) is 1. The molecule has 1 aliphatic rings. The second-order valence-corrected chi connectivity index (χ2v) is 6.21. The van der Waals surface area contributed by atoms with Crippen molar-refractivity contribution < 1.29 is 5.11 Å². The van der Waals surface area contributed by atoms with Crippen molar-refractivity contribution in [1.29, 1.82) is 0 Å². The van der Waals surface area contributed by atoms with Gasteiger partial charge in [0.2, 0.25) is 0 Å². The molecule has 1 aromatic carbocycles. The van der Waals surface area contributed by atoms with E-state index in [0.29, 0.717) is 10.1 Å². The number of halogens is 1. The Labute approximate surface area is 136 Å². The van der Waals surface area contributed by atoms with E-state index < -0.39 is 0 Å². The molecule has 1 aromatic rings. The third kappa shape index (κ3) is 4.30. The van der Waals surface area contributed by atoms with Crippen LogP contribution in [0, 0.1) is 13.8 Å². The van der Waals surface area contributed by atoms with Crippen molar-refractivity contribution in [2.24, 2.45) is 0 Å². The van der Waals surface area contributed by atoms with Crippen LogP contribution in [0.1, 0.15) is 11.1 Å². The first-order valence-electron chi connectivity index (χ1n) is 7.17. The van der Waals surface area contributed by atoms with Crippen molar-refractivity contribution in [3.8, 4) is 0 Å². The van der Waals surface area contributed by atoms with Crippen LogP contribution in [0.15, 0.2) is 12.1 Å². The highest BCUT2D eigenvalue weighted by Crippen LogP contribution is 2.27. The summed E-state index contributed by atoms with van der Waals surface area (Å²) < 4.78 is 0. The van der Waals surface area contributed by atoms with Crippen LogP contribution in [0.3, 0.4) is 0 Å². The number of benzene rings is 1. The second kappa shape index (κ2) is 7.40. The summed E-state index contributed by atoms with van der Waals surface area (Å²) in [5.74, 6) is 0. The van der Waals surface area contributed by atoms with Crippen molar-refractivity contribution in [1.82, 2.24) is 9.80 Å². The lowest BCUT2D eigenvalue weighted by atomic mass is 10.1. The first kappa shape index (κ1) is 16.5. The number of nitrogens with zero attached hydrogens (tertiary/aromatic N) is 2. The molecule has 2 N–H and O–H groups in total. The Balaban J connectivity index is 1.97. The molecule has 0 spiro atoms. The van der Waals surface area contributed by atoms with E-state index >= 15 is 0 Å². The summed E-state index contributed by atoms with van der Waals surface area (Å²) >= 11 is 11.8.